The van der Waals surface area contributed by atoms with Crippen LogP contribution in [0.3, 0.4) is 0 Å². The predicted molar refractivity (Wildman–Crippen MR) is 76.5 cm³/mol. The fourth-order valence-electron chi connectivity index (χ4n) is 3.98. The molecular formula is C15H21NO2S. The zero-order valence-electron chi connectivity index (χ0n) is 11.5. The van der Waals surface area contributed by atoms with Crippen LogP contribution in [0.2, 0.25) is 0 Å². The molecule has 4 heteroatoms. The Morgan fingerprint density at radius 3 is 2.79 bits per heavy atom. The first-order chi connectivity index (χ1) is 9.10. The molecule has 1 heterocycles. The molecule has 1 amide bonds. The number of carbonyl (C=O) groups excluding carboxylic acids is 1. The van der Waals surface area contributed by atoms with E-state index >= 15 is 0 Å². The van der Waals surface area contributed by atoms with Gasteiger partial charge >= 0.3 is 0 Å². The van der Waals surface area contributed by atoms with Crippen LogP contribution in [0.5, 0.6) is 0 Å². The van der Waals surface area contributed by atoms with Gasteiger partial charge in [0.1, 0.15) is 0 Å². The molecule has 3 rings (SSSR count). The Bertz CT molecular complexity index is 496. The molecule has 2 N–H and O–H groups in total. The van der Waals surface area contributed by atoms with Crippen molar-refractivity contribution in [3.63, 3.8) is 0 Å². The molecule has 2 aliphatic carbocycles. The highest BCUT2D eigenvalue weighted by atomic mass is 32.1. The predicted octanol–water partition coefficient (Wildman–Crippen LogP) is 2.50. The second-order valence-corrected chi connectivity index (χ2v) is 7.47. The molecule has 0 saturated heterocycles. The quantitative estimate of drug-likeness (QED) is 0.893. The van der Waals surface area contributed by atoms with Gasteiger partial charge in [-0.15, -0.1) is 11.3 Å². The lowest BCUT2D eigenvalue weighted by Crippen LogP contribution is -2.45. The number of hydrogen-bond donors (Lipinski definition) is 2. The molecule has 1 aromatic rings. The van der Waals surface area contributed by atoms with Crippen molar-refractivity contribution >= 4 is 17.2 Å². The van der Waals surface area contributed by atoms with Crippen LogP contribution in [0.25, 0.3) is 0 Å². The van der Waals surface area contributed by atoms with Gasteiger partial charge in [0, 0.05) is 28.3 Å². The number of carbonyl (C=O) groups is 1. The minimum Gasteiger partial charge on any atom is -0.396 e. The van der Waals surface area contributed by atoms with E-state index in [1.54, 1.807) is 11.3 Å². The van der Waals surface area contributed by atoms with E-state index in [4.69, 9.17) is 0 Å². The SMILES string of the molecule is Cc1cc(C(=O)NC2C3CCC(C3)C2CO)c(C)s1. The number of hydrogen-bond acceptors (Lipinski definition) is 3. The minimum absolute atomic E-state index is 0.0397. The zero-order chi connectivity index (χ0) is 13.6. The summed E-state index contributed by atoms with van der Waals surface area (Å²) >= 11 is 1.67. The maximum absolute atomic E-state index is 12.4. The van der Waals surface area contributed by atoms with Crippen molar-refractivity contribution in [1.29, 1.82) is 0 Å². The Balaban J connectivity index is 1.74. The first-order valence-electron chi connectivity index (χ1n) is 7.09. The second-order valence-electron chi connectivity index (χ2n) is 6.01. The van der Waals surface area contributed by atoms with Gasteiger partial charge in [0.2, 0.25) is 0 Å². The summed E-state index contributed by atoms with van der Waals surface area (Å²) in [5.74, 6) is 1.50. The van der Waals surface area contributed by atoms with Crippen LogP contribution in [0.4, 0.5) is 0 Å². The van der Waals surface area contributed by atoms with Gasteiger partial charge in [0.15, 0.2) is 0 Å². The number of fused-ring (bicyclic) bond motifs is 2. The maximum Gasteiger partial charge on any atom is 0.252 e. The van der Waals surface area contributed by atoms with Crippen LogP contribution in [-0.4, -0.2) is 23.7 Å². The molecule has 0 aromatic carbocycles. The van der Waals surface area contributed by atoms with Gasteiger partial charge in [0.25, 0.3) is 5.91 Å². The molecule has 4 unspecified atom stereocenters. The number of aliphatic hydroxyl groups is 1. The fourth-order valence-corrected chi connectivity index (χ4v) is 4.90. The summed E-state index contributed by atoms with van der Waals surface area (Å²) in [4.78, 5) is 14.6. The molecule has 0 spiro atoms. The van der Waals surface area contributed by atoms with Crippen molar-refractivity contribution in [1.82, 2.24) is 5.32 Å². The molecule has 2 bridgehead atoms. The number of aliphatic hydroxyl groups excluding tert-OH is 1. The lowest BCUT2D eigenvalue weighted by molar-refractivity contribution is 0.0861. The van der Waals surface area contributed by atoms with E-state index in [0.29, 0.717) is 11.8 Å². The summed E-state index contributed by atoms with van der Waals surface area (Å²) in [6.07, 6.45) is 3.60. The van der Waals surface area contributed by atoms with Crippen molar-refractivity contribution in [2.24, 2.45) is 17.8 Å². The number of aryl methyl sites for hydroxylation is 2. The number of nitrogens with one attached hydrogen (secondary N) is 1. The van der Waals surface area contributed by atoms with Gasteiger partial charge < -0.3 is 10.4 Å². The largest absolute Gasteiger partial charge is 0.396 e. The fraction of sp³-hybridized carbons (Fsp3) is 0.667. The summed E-state index contributed by atoms with van der Waals surface area (Å²) in [6, 6.07) is 2.15. The highest BCUT2D eigenvalue weighted by molar-refractivity contribution is 7.12. The van der Waals surface area contributed by atoms with Gasteiger partial charge in [-0.2, -0.15) is 0 Å². The molecule has 2 saturated carbocycles. The van der Waals surface area contributed by atoms with E-state index in [-0.39, 0.29) is 24.5 Å². The lowest BCUT2D eigenvalue weighted by Gasteiger charge is -2.30. The van der Waals surface area contributed by atoms with E-state index in [2.05, 4.69) is 5.32 Å². The Morgan fingerprint density at radius 2 is 2.16 bits per heavy atom. The van der Waals surface area contributed by atoms with Crippen LogP contribution >= 0.6 is 11.3 Å². The van der Waals surface area contributed by atoms with Gasteiger partial charge in [-0.25, -0.2) is 0 Å². The molecule has 0 radical (unpaired) electrons. The Labute approximate surface area is 118 Å². The van der Waals surface area contributed by atoms with Crippen molar-refractivity contribution in [3.8, 4) is 0 Å². The number of thiophene rings is 1. The summed E-state index contributed by atoms with van der Waals surface area (Å²) in [7, 11) is 0. The van der Waals surface area contributed by atoms with Crippen LogP contribution in [-0.2, 0) is 0 Å². The standard InChI is InChI=1S/C15H21NO2S/c1-8-5-12(9(2)19-8)15(18)16-14-11-4-3-10(6-11)13(14)7-17/h5,10-11,13-14,17H,3-4,6-7H2,1-2H3,(H,16,18). The van der Waals surface area contributed by atoms with Crippen LogP contribution in [0.15, 0.2) is 6.07 Å². The maximum atomic E-state index is 12.4. The van der Waals surface area contributed by atoms with E-state index in [1.807, 2.05) is 19.9 Å². The summed E-state index contributed by atoms with van der Waals surface area (Å²) in [6.45, 7) is 4.23. The minimum atomic E-state index is 0.0397. The summed E-state index contributed by atoms with van der Waals surface area (Å²) < 4.78 is 0. The van der Waals surface area contributed by atoms with Gasteiger partial charge in [-0.05, 0) is 51.0 Å². The molecule has 3 nitrogen and oxygen atoms in total. The lowest BCUT2D eigenvalue weighted by atomic mass is 9.85. The third-order valence-corrected chi connectivity index (χ3v) is 5.85. The van der Waals surface area contributed by atoms with Crippen LogP contribution in [0, 0.1) is 31.6 Å². The van der Waals surface area contributed by atoms with Crippen molar-refractivity contribution in [2.45, 2.75) is 39.2 Å². The van der Waals surface area contributed by atoms with E-state index in [9.17, 15) is 9.90 Å². The number of rotatable bonds is 3. The molecular weight excluding hydrogens is 258 g/mol. The zero-order valence-corrected chi connectivity index (χ0v) is 12.3. The van der Waals surface area contributed by atoms with Crippen molar-refractivity contribution in [3.05, 3.63) is 21.4 Å². The molecule has 1 aromatic heterocycles. The van der Waals surface area contributed by atoms with E-state index < -0.39 is 0 Å². The highest BCUT2D eigenvalue weighted by Crippen LogP contribution is 2.48. The first kappa shape index (κ1) is 13.1. The Hall–Kier alpha value is -0.870. The molecule has 104 valence electrons. The number of amides is 1. The average Bonchev–Trinajstić information content (AvgIpc) is 3.03. The van der Waals surface area contributed by atoms with Crippen molar-refractivity contribution in [2.75, 3.05) is 6.61 Å². The molecule has 4 atom stereocenters. The third kappa shape index (κ3) is 2.21. The molecule has 0 aliphatic heterocycles. The first-order valence-corrected chi connectivity index (χ1v) is 7.90. The van der Waals surface area contributed by atoms with Crippen molar-refractivity contribution < 1.29 is 9.90 Å². The van der Waals surface area contributed by atoms with E-state index in [0.717, 1.165) is 10.4 Å². The third-order valence-electron chi connectivity index (χ3n) is 4.88. The van der Waals surface area contributed by atoms with Gasteiger partial charge in [-0.3, -0.25) is 4.79 Å². The Morgan fingerprint density at radius 1 is 1.42 bits per heavy atom. The van der Waals surface area contributed by atoms with Crippen LogP contribution < -0.4 is 5.32 Å². The normalized spacial score (nSPS) is 32.8. The molecule has 19 heavy (non-hydrogen) atoms. The summed E-state index contributed by atoms with van der Waals surface area (Å²) in [5.41, 5.74) is 0.807. The molecule has 2 fully saturated rings. The summed E-state index contributed by atoms with van der Waals surface area (Å²) in [5, 5.41) is 12.7. The monoisotopic (exact) mass is 279 g/mol. The highest BCUT2D eigenvalue weighted by Gasteiger charge is 2.47. The molecule has 2 aliphatic rings. The topological polar surface area (TPSA) is 49.3 Å². The van der Waals surface area contributed by atoms with Gasteiger partial charge in [0.05, 0.1) is 5.56 Å². The van der Waals surface area contributed by atoms with Crippen LogP contribution in [0.1, 0.15) is 39.4 Å². The Kier molecular flexibility index (Phi) is 3.39. The smallest absolute Gasteiger partial charge is 0.252 e. The second kappa shape index (κ2) is 4.91. The van der Waals surface area contributed by atoms with E-state index in [1.165, 1.54) is 24.1 Å². The van der Waals surface area contributed by atoms with Gasteiger partial charge in [-0.1, -0.05) is 0 Å². The average molecular weight is 279 g/mol.